The molecule has 0 saturated carbocycles. The molecule has 0 amide bonds. The summed E-state index contributed by atoms with van der Waals surface area (Å²) in [7, 11) is 0. The first-order chi connectivity index (χ1) is 7.56. The first-order valence-electron chi connectivity index (χ1n) is 4.93. The second-order valence-corrected chi connectivity index (χ2v) is 4.24. The van der Waals surface area contributed by atoms with Crippen molar-refractivity contribution in [3.63, 3.8) is 0 Å². The fourth-order valence-electron chi connectivity index (χ4n) is 1.29. The normalized spacial score (nSPS) is 10.2. The molecule has 4 nitrogen and oxygen atoms in total. The van der Waals surface area contributed by atoms with Crippen molar-refractivity contribution in [2.75, 3.05) is 11.9 Å². The highest BCUT2D eigenvalue weighted by atomic mass is 79.9. The quantitative estimate of drug-likeness (QED) is 0.511. The second kappa shape index (κ2) is 5.79. The predicted octanol–water partition coefficient (Wildman–Crippen LogP) is 3.71. The topological polar surface area (TPSA) is 55.2 Å². The Morgan fingerprint density at radius 1 is 1.56 bits per heavy atom. The number of hydrogen-bond acceptors (Lipinski definition) is 3. The summed E-state index contributed by atoms with van der Waals surface area (Å²) in [6.07, 6.45) is 1.85. The summed E-state index contributed by atoms with van der Waals surface area (Å²) in [6.45, 7) is 2.60. The summed E-state index contributed by atoms with van der Waals surface area (Å²) in [5, 5.41) is 13.6. The first kappa shape index (κ1) is 12.9. The summed E-state index contributed by atoms with van der Waals surface area (Å²) < 4.78 is 13.8. The summed E-state index contributed by atoms with van der Waals surface area (Å²) in [6, 6.07) is 2.60. The Balaban J connectivity index is 2.99. The van der Waals surface area contributed by atoms with E-state index in [2.05, 4.69) is 21.2 Å². The van der Waals surface area contributed by atoms with Crippen molar-refractivity contribution in [2.45, 2.75) is 19.8 Å². The van der Waals surface area contributed by atoms with Gasteiger partial charge in [-0.25, -0.2) is 0 Å². The lowest BCUT2D eigenvalue weighted by Crippen LogP contribution is -2.05. The van der Waals surface area contributed by atoms with Gasteiger partial charge < -0.3 is 5.32 Å². The van der Waals surface area contributed by atoms with Gasteiger partial charge >= 0.3 is 5.69 Å². The Morgan fingerprint density at radius 3 is 2.81 bits per heavy atom. The molecule has 0 saturated heterocycles. The molecular weight excluding hydrogens is 279 g/mol. The zero-order valence-corrected chi connectivity index (χ0v) is 10.4. The van der Waals surface area contributed by atoms with Crippen molar-refractivity contribution >= 4 is 27.3 Å². The van der Waals surface area contributed by atoms with Crippen LogP contribution in [0.3, 0.4) is 0 Å². The van der Waals surface area contributed by atoms with Gasteiger partial charge in [0, 0.05) is 11.0 Å². The van der Waals surface area contributed by atoms with Crippen LogP contribution in [0.1, 0.15) is 19.8 Å². The number of anilines is 1. The van der Waals surface area contributed by atoms with Crippen molar-refractivity contribution in [3.8, 4) is 0 Å². The third-order valence-electron chi connectivity index (χ3n) is 2.06. The van der Waals surface area contributed by atoms with Crippen LogP contribution in [0.2, 0.25) is 0 Å². The van der Waals surface area contributed by atoms with Crippen molar-refractivity contribution in [2.24, 2.45) is 0 Å². The number of rotatable bonds is 5. The Hall–Kier alpha value is -1.17. The lowest BCUT2D eigenvalue weighted by molar-refractivity contribution is -0.386. The molecule has 0 unspecified atom stereocenters. The number of benzene rings is 1. The van der Waals surface area contributed by atoms with Gasteiger partial charge in [0.05, 0.1) is 4.92 Å². The van der Waals surface area contributed by atoms with E-state index in [1.807, 2.05) is 6.92 Å². The lowest BCUT2D eigenvalue weighted by Gasteiger charge is -2.07. The summed E-state index contributed by atoms with van der Waals surface area (Å²) in [5.74, 6) is -0.835. The van der Waals surface area contributed by atoms with E-state index in [9.17, 15) is 14.5 Å². The van der Waals surface area contributed by atoms with Crippen molar-refractivity contribution in [3.05, 3.63) is 32.5 Å². The van der Waals surface area contributed by atoms with Gasteiger partial charge in [0.2, 0.25) is 5.82 Å². The Bertz CT molecular complexity index is 399. The van der Waals surface area contributed by atoms with Gasteiger partial charge in [-0.15, -0.1) is 0 Å². The van der Waals surface area contributed by atoms with Crippen LogP contribution in [0.5, 0.6) is 0 Å². The molecule has 0 spiro atoms. The summed E-state index contributed by atoms with van der Waals surface area (Å²) in [5.41, 5.74) is -0.287. The number of unbranched alkanes of at least 4 members (excludes halogenated alkanes) is 1. The minimum Gasteiger partial charge on any atom is -0.379 e. The van der Waals surface area contributed by atoms with Crippen LogP contribution in [0.15, 0.2) is 16.6 Å². The SMILES string of the molecule is CCCCNc1cc(Br)cc(F)c1[N+](=O)[O-]. The van der Waals surface area contributed by atoms with Crippen LogP contribution in [-0.4, -0.2) is 11.5 Å². The smallest absolute Gasteiger partial charge is 0.327 e. The van der Waals surface area contributed by atoms with Gasteiger partial charge in [0.25, 0.3) is 0 Å². The molecule has 16 heavy (non-hydrogen) atoms. The molecule has 0 fully saturated rings. The molecule has 0 aliphatic carbocycles. The lowest BCUT2D eigenvalue weighted by atomic mass is 10.2. The highest BCUT2D eigenvalue weighted by Crippen LogP contribution is 2.31. The van der Waals surface area contributed by atoms with Gasteiger partial charge in [-0.3, -0.25) is 10.1 Å². The summed E-state index contributed by atoms with van der Waals surface area (Å²) in [4.78, 5) is 9.98. The van der Waals surface area contributed by atoms with Crippen LogP contribution >= 0.6 is 15.9 Å². The molecule has 88 valence electrons. The molecule has 0 aliphatic rings. The van der Waals surface area contributed by atoms with E-state index in [0.29, 0.717) is 11.0 Å². The molecule has 0 bridgehead atoms. The van der Waals surface area contributed by atoms with E-state index in [1.165, 1.54) is 6.07 Å². The fourth-order valence-corrected chi connectivity index (χ4v) is 1.72. The molecule has 0 atom stereocenters. The molecule has 0 aromatic heterocycles. The van der Waals surface area contributed by atoms with Crippen LogP contribution < -0.4 is 5.32 Å². The van der Waals surface area contributed by atoms with E-state index in [0.717, 1.165) is 18.9 Å². The molecule has 1 N–H and O–H groups in total. The van der Waals surface area contributed by atoms with E-state index < -0.39 is 16.4 Å². The Kier molecular flexibility index (Phi) is 4.67. The second-order valence-electron chi connectivity index (χ2n) is 3.32. The van der Waals surface area contributed by atoms with Crippen LogP contribution in [0, 0.1) is 15.9 Å². The number of nitro groups is 1. The monoisotopic (exact) mass is 290 g/mol. The van der Waals surface area contributed by atoms with Gasteiger partial charge in [-0.2, -0.15) is 4.39 Å². The van der Waals surface area contributed by atoms with E-state index >= 15 is 0 Å². The number of hydrogen-bond donors (Lipinski definition) is 1. The van der Waals surface area contributed by atoms with Crippen molar-refractivity contribution in [1.29, 1.82) is 0 Å². The average molecular weight is 291 g/mol. The number of nitrogens with zero attached hydrogens (tertiary/aromatic N) is 1. The van der Waals surface area contributed by atoms with Crippen LogP contribution in [-0.2, 0) is 0 Å². The number of halogens is 2. The maximum atomic E-state index is 13.4. The molecule has 1 rings (SSSR count). The van der Waals surface area contributed by atoms with Gasteiger partial charge in [0.15, 0.2) is 0 Å². The molecule has 0 aliphatic heterocycles. The third-order valence-corrected chi connectivity index (χ3v) is 2.51. The molecule has 1 aromatic carbocycles. The Morgan fingerprint density at radius 2 is 2.25 bits per heavy atom. The zero-order valence-electron chi connectivity index (χ0n) is 8.80. The largest absolute Gasteiger partial charge is 0.379 e. The van der Waals surface area contributed by atoms with Crippen LogP contribution in [0.25, 0.3) is 0 Å². The van der Waals surface area contributed by atoms with Gasteiger partial charge in [-0.1, -0.05) is 29.3 Å². The third kappa shape index (κ3) is 3.16. The standard InChI is InChI=1S/C10H12BrFN2O2/c1-2-3-4-13-9-6-7(11)5-8(12)10(9)14(15)16/h5-6,13H,2-4H2,1H3. The zero-order chi connectivity index (χ0) is 12.1. The highest BCUT2D eigenvalue weighted by Gasteiger charge is 2.20. The van der Waals surface area contributed by atoms with E-state index in [4.69, 9.17) is 0 Å². The number of nitrogens with one attached hydrogen (secondary N) is 1. The fraction of sp³-hybridized carbons (Fsp3) is 0.400. The van der Waals surface area contributed by atoms with Gasteiger partial charge in [0.1, 0.15) is 5.69 Å². The molecule has 1 aromatic rings. The minimum atomic E-state index is -0.835. The molecule has 0 radical (unpaired) electrons. The maximum absolute atomic E-state index is 13.4. The van der Waals surface area contributed by atoms with Crippen molar-refractivity contribution < 1.29 is 9.31 Å². The number of nitro benzene ring substituents is 1. The predicted molar refractivity (Wildman–Crippen MR) is 64.2 cm³/mol. The Labute approximate surface area is 101 Å². The molecule has 6 heteroatoms. The maximum Gasteiger partial charge on any atom is 0.327 e. The van der Waals surface area contributed by atoms with Crippen molar-refractivity contribution in [1.82, 2.24) is 0 Å². The first-order valence-corrected chi connectivity index (χ1v) is 5.73. The molecular formula is C10H12BrFN2O2. The minimum absolute atomic E-state index is 0.213. The summed E-state index contributed by atoms with van der Waals surface area (Å²) >= 11 is 3.10. The molecule has 0 heterocycles. The van der Waals surface area contributed by atoms with Gasteiger partial charge in [-0.05, 0) is 18.6 Å². The van der Waals surface area contributed by atoms with E-state index in [1.54, 1.807) is 0 Å². The van der Waals surface area contributed by atoms with Crippen LogP contribution in [0.4, 0.5) is 15.8 Å². The highest BCUT2D eigenvalue weighted by molar-refractivity contribution is 9.10. The van der Waals surface area contributed by atoms with E-state index in [-0.39, 0.29) is 5.69 Å². The average Bonchev–Trinajstić information content (AvgIpc) is 2.16.